The van der Waals surface area contributed by atoms with Gasteiger partial charge in [0.15, 0.2) is 0 Å². The van der Waals surface area contributed by atoms with E-state index < -0.39 is 0 Å². The largest absolute Gasteiger partial charge is 0.385 e. The first-order valence-electron chi connectivity index (χ1n) is 12.4. The Labute approximate surface area is 214 Å². The molecule has 1 fully saturated rings. The molecule has 190 valence electrons. The summed E-state index contributed by atoms with van der Waals surface area (Å²) in [6.45, 7) is 3.45. The number of pyridine rings is 1. The maximum absolute atomic E-state index is 12.9. The number of rotatable bonds is 7. The Morgan fingerprint density at radius 3 is 2.95 bits per heavy atom. The molecule has 0 radical (unpaired) electrons. The molecule has 2 N–H and O–H groups in total. The Morgan fingerprint density at radius 1 is 1.19 bits per heavy atom. The van der Waals surface area contributed by atoms with Gasteiger partial charge in [0.1, 0.15) is 17.8 Å². The van der Waals surface area contributed by atoms with Gasteiger partial charge in [0.25, 0.3) is 5.91 Å². The smallest absolute Gasteiger partial charge is 0.254 e. The molecular formula is C27H29N7O3. The predicted molar refractivity (Wildman–Crippen MR) is 141 cm³/mol. The van der Waals surface area contributed by atoms with Crippen molar-refractivity contribution < 1.29 is 14.3 Å². The van der Waals surface area contributed by atoms with Crippen LogP contribution in [0.3, 0.4) is 0 Å². The number of fused-ring (bicyclic) bond motifs is 2. The van der Waals surface area contributed by atoms with E-state index in [0.717, 1.165) is 58.7 Å². The molecule has 1 amide bonds. The summed E-state index contributed by atoms with van der Waals surface area (Å²) < 4.78 is 13.0. The second-order valence-electron chi connectivity index (χ2n) is 9.33. The maximum atomic E-state index is 12.9. The van der Waals surface area contributed by atoms with Crippen molar-refractivity contribution >= 4 is 34.1 Å². The zero-order chi connectivity index (χ0) is 25.4. The van der Waals surface area contributed by atoms with Crippen LogP contribution in [-0.2, 0) is 23.1 Å². The highest BCUT2D eigenvalue weighted by molar-refractivity contribution is 6.07. The molecule has 0 spiro atoms. The predicted octanol–water partition coefficient (Wildman–Crippen LogP) is 3.26. The highest BCUT2D eigenvalue weighted by atomic mass is 16.5. The molecule has 4 aromatic rings. The number of nitrogens with one attached hydrogen (secondary N) is 2. The van der Waals surface area contributed by atoms with Crippen molar-refractivity contribution in [3.63, 3.8) is 0 Å². The molecule has 0 saturated carbocycles. The molecule has 10 heteroatoms. The normalized spacial score (nSPS) is 17.2. The minimum absolute atomic E-state index is 0.107. The van der Waals surface area contributed by atoms with Gasteiger partial charge in [0.05, 0.1) is 41.5 Å². The van der Waals surface area contributed by atoms with Crippen molar-refractivity contribution in [3.8, 4) is 11.3 Å². The van der Waals surface area contributed by atoms with Crippen molar-refractivity contribution in [2.75, 3.05) is 43.6 Å². The lowest BCUT2D eigenvalue weighted by atomic mass is 9.97. The van der Waals surface area contributed by atoms with Gasteiger partial charge in [-0.25, -0.2) is 15.0 Å². The Bertz CT molecular complexity index is 1450. The molecule has 1 atom stereocenters. The van der Waals surface area contributed by atoms with Crippen molar-refractivity contribution in [1.82, 2.24) is 24.8 Å². The van der Waals surface area contributed by atoms with Gasteiger partial charge < -0.3 is 29.6 Å². The summed E-state index contributed by atoms with van der Waals surface area (Å²) in [4.78, 5) is 28.7. The van der Waals surface area contributed by atoms with Crippen LogP contribution in [0, 0.1) is 0 Å². The van der Waals surface area contributed by atoms with E-state index in [1.165, 1.54) is 0 Å². The Balaban J connectivity index is 1.26. The second-order valence-corrected chi connectivity index (χ2v) is 9.33. The van der Waals surface area contributed by atoms with E-state index in [-0.39, 0.29) is 12.0 Å². The number of aromatic nitrogens is 4. The molecule has 1 aromatic carbocycles. The molecule has 0 unspecified atom stereocenters. The number of benzene rings is 1. The highest BCUT2D eigenvalue weighted by Gasteiger charge is 2.28. The number of methoxy groups -OCH3 is 1. The first kappa shape index (κ1) is 23.4. The van der Waals surface area contributed by atoms with Crippen molar-refractivity contribution in [3.05, 3.63) is 60.2 Å². The van der Waals surface area contributed by atoms with Crippen molar-refractivity contribution in [2.45, 2.75) is 19.1 Å². The average molecular weight is 500 g/mol. The first-order chi connectivity index (χ1) is 18.1. The quantitative estimate of drug-likeness (QED) is 0.399. The van der Waals surface area contributed by atoms with E-state index >= 15 is 0 Å². The monoisotopic (exact) mass is 499 g/mol. The summed E-state index contributed by atoms with van der Waals surface area (Å²) in [5.74, 6) is 0.569. The molecule has 1 saturated heterocycles. The van der Waals surface area contributed by atoms with Gasteiger partial charge in [-0.15, -0.1) is 0 Å². The molecular weight excluding hydrogens is 470 g/mol. The fourth-order valence-corrected chi connectivity index (χ4v) is 5.13. The first-order valence-corrected chi connectivity index (χ1v) is 12.4. The molecule has 3 aromatic heterocycles. The maximum Gasteiger partial charge on any atom is 0.254 e. The number of amides is 1. The number of carbonyl (C=O) groups is 1. The minimum Gasteiger partial charge on any atom is -0.385 e. The summed E-state index contributed by atoms with van der Waals surface area (Å²) in [6, 6.07) is 9.94. The average Bonchev–Trinajstić information content (AvgIpc) is 3.51. The van der Waals surface area contributed by atoms with E-state index in [9.17, 15) is 4.79 Å². The lowest BCUT2D eigenvalue weighted by Crippen LogP contribution is -2.43. The van der Waals surface area contributed by atoms with Crippen LogP contribution in [0.25, 0.3) is 22.3 Å². The van der Waals surface area contributed by atoms with Crippen LogP contribution in [0.15, 0.2) is 49.1 Å². The van der Waals surface area contributed by atoms with Crippen LogP contribution in [0.4, 0.5) is 17.2 Å². The van der Waals surface area contributed by atoms with Gasteiger partial charge in [0.2, 0.25) is 0 Å². The number of morpholine rings is 1. The zero-order valence-electron chi connectivity index (χ0n) is 20.9. The summed E-state index contributed by atoms with van der Waals surface area (Å²) >= 11 is 0. The van der Waals surface area contributed by atoms with E-state index in [4.69, 9.17) is 9.47 Å². The third kappa shape index (κ3) is 4.38. The van der Waals surface area contributed by atoms with Crippen LogP contribution in [0.1, 0.15) is 22.3 Å². The molecule has 2 aliphatic heterocycles. The standard InChI is InChI=1S/C27H29N7O3/c1-33-9-7-20-25(30-16-31-26(20)33)19-4-5-22(24-21(19)14-29-27(24)35)32-23-6-3-17(13-28-23)34-10-12-37-18(15-34)8-11-36-2/h3-7,9,13,16,18H,8,10-12,14-15H2,1-2H3,(H,28,32)(H,29,35)/t18-/m0/s1. The molecule has 0 aliphatic carbocycles. The number of ether oxygens (including phenoxy) is 2. The Kier molecular flexibility index (Phi) is 6.19. The van der Waals surface area contributed by atoms with E-state index in [0.29, 0.717) is 31.1 Å². The Morgan fingerprint density at radius 2 is 2.11 bits per heavy atom. The summed E-state index contributed by atoms with van der Waals surface area (Å²) in [5, 5.41) is 7.28. The number of carbonyl (C=O) groups excluding carboxylic acids is 1. The van der Waals surface area contributed by atoms with E-state index in [1.54, 1.807) is 13.4 Å². The Hall–Kier alpha value is -4.02. The second kappa shape index (κ2) is 9.79. The van der Waals surface area contributed by atoms with Crippen molar-refractivity contribution in [1.29, 1.82) is 0 Å². The number of hydrogen-bond donors (Lipinski definition) is 2. The van der Waals surface area contributed by atoms with Gasteiger partial charge in [0, 0.05) is 57.5 Å². The van der Waals surface area contributed by atoms with Crippen molar-refractivity contribution in [2.24, 2.45) is 7.05 Å². The molecule has 37 heavy (non-hydrogen) atoms. The summed E-state index contributed by atoms with van der Waals surface area (Å²) in [7, 11) is 3.67. The minimum atomic E-state index is -0.107. The van der Waals surface area contributed by atoms with Gasteiger partial charge in [-0.1, -0.05) is 6.07 Å². The summed E-state index contributed by atoms with van der Waals surface area (Å²) in [5.41, 5.74) is 5.92. The SMILES string of the molecule is COCC[C@H]1CN(c2ccc(Nc3ccc(-c4ncnc5c4ccn5C)c4c3C(=O)NC4)nc2)CCO1. The molecule has 10 nitrogen and oxygen atoms in total. The molecule has 5 heterocycles. The lowest BCUT2D eigenvalue weighted by Gasteiger charge is -2.34. The van der Waals surface area contributed by atoms with Gasteiger partial charge in [-0.3, -0.25) is 4.79 Å². The number of anilines is 3. The van der Waals surface area contributed by atoms with Gasteiger partial charge in [-0.05, 0) is 36.2 Å². The lowest BCUT2D eigenvalue weighted by molar-refractivity contribution is 0.0191. The van der Waals surface area contributed by atoms with Crippen LogP contribution in [0.2, 0.25) is 0 Å². The fraction of sp³-hybridized carbons (Fsp3) is 0.333. The summed E-state index contributed by atoms with van der Waals surface area (Å²) in [6.07, 6.45) is 6.42. The fourth-order valence-electron chi connectivity index (χ4n) is 5.13. The van der Waals surface area contributed by atoms with E-state index in [2.05, 4.69) is 36.6 Å². The number of aryl methyl sites for hydroxylation is 1. The van der Waals surface area contributed by atoms with Crippen LogP contribution < -0.4 is 15.5 Å². The van der Waals surface area contributed by atoms with Crippen LogP contribution >= 0.6 is 0 Å². The topological polar surface area (TPSA) is 106 Å². The highest BCUT2D eigenvalue weighted by Crippen LogP contribution is 2.36. The van der Waals surface area contributed by atoms with Crippen LogP contribution in [0.5, 0.6) is 0 Å². The van der Waals surface area contributed by atoms with Gasteiger partial charge in [-0.2, -0.15) is 0 Å². The zero-order valence-corrected chi connectivity index (χ0v) is 20.9. The van der Waals surface area contributed by atoms with Crippen LogP contribution in [-0.4, -0.2) is 64.9 Å². The molecule has 0 bridgehead atoms. The van der Waals surface area contributed by atoms with Gasteiger partial charge >= 0.3 is 0 Å². The molecule has 2 aliphatic rings. The van der Waals surface area contributed by atoms with E-state index in [1.807, 2.05) is 48.3 Å². The third-order valence-electron chi connectivity index (χ3n) is 7.04. The molecule has 6 rings (SSSR count). The number of hydrogen-bond acceptors (Lipinski definition) is 8. The number of nitrogens with zero attached hydrogens (tertiary/aromatic N) is 5. The third-order valence-corrected chi connectivity index (χ3v) is 7.04.